The zero-order valence-electron chi connectivity index (χ0n) is 16.4. The van der Waals surface area contributed by atoms with Gasteiger partial charge >= 0.3 is 0 Å². The van der Waals surface area contributed by atoms with Crippen LogP contribution in [0.3, 0.4) is 0 Å². The molecule has 1 aliphatic carbocycles. The summed E-state index contributed by atoms with van der Waals surface area (Å²) in [5, 5.41) is 39.3. The molecule has 1 saturated carbocycles. The zero-order chi connectivity index (χ0) is 21.1. The van der Waals surface area contributed by atoms with Crippen molar-refractivity contribution in [1.82, 2.24) is 0 Å². The highest BCUT2D eigenvalue weighted by Gasteiger charge is 2.79. The number of epoxide rings is 1. The van der Waals surface area contributed by atoms with Gasteiger partial charge in [-0.1, -0.05) is 13.8 Å². The summed E-state index contributed by atoms with van der Waals surface area (Å²) in [7, 11) is 0. The third-order valence-corrected chi connectivity index (χ3v) is 6.20. The second-order valence-corrected chi connectivity index (χ2v) is 8.59. The number of hydrogen-bond acceptors (Lipinski definition) is 9. The average Bonchev–Trinajstić information content (AvgIpc) is 3.27. The van der Waals surface area contributed by atoms with Gasteiger partial charge in [-0.2, -0.15) is 0 Å². The van der Waals surface area contributed by atoms with Crippen LogP contribution in [0.2, 0.25) is 0 Å². The SMILES string of the molecule is CC(=O)/C=C/[C@@]12O[C@]1(C)C(=O)[C@@H](O[C@@H]1O[C@H](CO)[C@@H](O)[C@H](O)[C@H]1O)CC2(C)C. The number of aliphatic hydroxyl groups is 4. The molecule has 8 atom stereocenters. The lowest BCUT2D eigenvalue weighted by molar-refractivity contribution is -0.310. The quantitative estimate of drug-likeness (QED) is 0.332. The number of ketones is 2. The highest BCUT2D eigenvalue weighted by atomic mass is 16.7. The van der Waals surface area contributed by atoms with Crippen molar-refractivity contribution in [3.63, 3.8) is 0 Å². The van der Waals surface area contributed by atoms with Gasteiger partial charge in [0.15, 0.2) is 23.5 Å². The normalized spacial score (nSPS) is 47.8. The Morgan fingerprint density at radius 3 is 2.43 bits per heavy atom. The molecule has 4 N–H and O–H groups in total. The van der Waals surface area contributed by atoms with Gasteiger partial charge in [0, 0.05) is 5.41 Å². The van der Waals surface area contributed by atoms with Crippen LogP contribution in [0.25, 0.3) is 0 Å². The van der Waals surface area contributed by atoms with Crippen LogP contribution in [0.5, 0.6) is 0 Å². The van der Waals surface area contributed by atoms with Crippen LogP contribution >= 0.6 is 0 Å². The van der Waals surface area contributed by atoms with Gasteiger partial charge in [-0.3, -0.25) is 9.59 Å². The van der Waals surface area contributed by atoms with E-state index in [4.69, 9.17) is 14.2 Å². The van der Waals surface area contributed by atoms with Gasteiger partial charge in [-0.05, 0) is 32.4 Å². The van der Waals surface area contributed by atoms with E-state index in [-0.39, 0.29) is 18.0 Å². The summed E-state index contributed by atoms with van der Waals surface area (Å²) in [5.74, 6) is -0.521. The summed E-state index contributed by atoms with van der Waals surface area (Å²) in [6, 6.07) is 0. The van der Waals surface area contributed by atoms with Crippen molar-refractivity contribution in [2.24, 2.45) is 5.41 Å². The molecular formula is C19H28O9. The van der Waals surface area contributed by atoms with E-state index in [0.29, 0.717) is 0 Å². The molecule has 0 amide bonds. The molecule has 9 heteroatoms. The molecule has 0 aromatic rings. The Hall–Kier alpha value is -1.20. The Morgan fingerprint density at radius 2 is 1.86 bits per heavy atom. The Bertz CT molecular complexity index is 687. The Kier molecular flexibility index (Phi) is 5.33. The van der Waals surface area contributed by atoms with Gasteiger partial charge in [0.05, 0.1) is 6.61 Å². The second-order valence-electron chi connectivity index (χ2n) is 8.59. The van der Waals surface area contributed by atoms with Gasteiger partial charge in [0.1, 0.15) is 36.1 Å². The van der Waals surface area contributed by atoms with E-state index in [1.165, 1.54) is 13.0 Å². The maximum Gasteiger partial charge on any atom is 0.196 e. The Morgan fingerprint density at radius 1 is 1.21 bits per heavy atom. The third kappa shape index (κ3) is 3.06. The van der Waals surface area contributed by atoms with E-state index in [2.05, 4.69) is 0 Å². The smallest absolute Gasteiger partial charge is 0.196 e. The summed E-state index contributed by atoms with van der Waals surface area (Å²) in [5.41, 5.74) is -2.71. The van der Waals surface area contributed by atoms with Crippen LogP contribution in [0.1, 0.15) is 34.1 Å². The molecule has 158 valence electrons. The lowest BCUT2D eigenvalue weighted by Gasteiger charge is -2.44. The van der Waals surface area contributed by atoms with Crippen LogP contribution in [0, 0.1) is 5.41 Å². The first-order valence-corrected chi connectivity index (χ1v) is 9.30. The van der Waals surface area contributed by atoms with Crippen LogP contribution in [-0.4, -0.2) is 86.6 Å². The number of aliphatic hydroxyl groups excluding tert-OH is 4. The second kappa shape index (κ2) is 6.94. The molecule has 2 saturated heterocycles. The molecule has 2 aliphatic heterocycles. The van der Waals surface area contributed by atoms with Crippen molar-refractivity contribution in [2.75, 3.05) is 6.61 Å². The van der Waals surface area contributed by atoms with Crippen LogP contribution in [0.15, 0.2) is 12.2 Å². The summed E-state index contributed by atoms with van der Waals surface area (Å²) < 4.78 is 16.9. The number of Topliss-reactive ketones (excluding diaryl/α,β-unsaturated/α-hetero) is 1. The van der Waals surface area contributed by atoms with E-state index in [9.17, 15) is 30.0 Å². The molecule has 0 aromatic carbocycles. The number of allylic oxidation sites excluding steroid dienone is 1. The first-order chi connectivity index (χ1) is 12.9. The molecule has 0 radical (unpaired) electrons. The minimum atomic E-state index is -1.59. The van der Waals surface area contributed by atoms with Gasteiger partial charge in [-0.25, -0.2) is 0 Å². The third-order valence-electron chi connectivity index (χ3n) is 6.20. The number of carbonyl (C=O) groups excluding carboxylic acids is 2. The molecular weight excluding hydrogens is 372 g/mol. The summed E-state index contributed by atoms with van der Waals surface area (Å²) in [6.07, 6.45) is -4.98. The van der Waals surface area contributed by atoms with Crippen LogP contribution in [-0.2, 0) is 23.8 Å². The number of carbonyl (C=O) groups is 2. The van der Waals surface area contributed by atoms with Crippen molar-refractivity contribution in [1.29, 1.82) is 0 Å². The van der Waals surface area contributed by atoms with Crippen molar-refractivity contribution in [2.45, 2.75) is 82.1 Å². The Balaban J connectivity index is 1.81. The van der Waals surface area contributed by atoms with E-state index in [1.54, 1.807) is 13.0 Å². The first-order valence-electron chi connectivity index (χ1n) is 9.30. The minimum Gasteiger partial charge on any atom is -0.394 e. The van der Waals surface area contributed by atoms with Crippen LogP contribution < -0.4 is 0 Å². The standard InChI is InChI=1S/C19H28O9/c1-9(21)5-6-19-17(2,3)7-10(15(25)18(19,4)28-19)26-16-14(24)13(23)12(22)11(8-20)27-16/h5-6,10-14,16,20,22-24H,7-8H2,1-4H3/b6-5+/t10-,11+,12+,13-,14+,16+,18+,19-/m0/s1. The fourth-order valence-corrected chi connectivity index (χ4v) is 4.43. The molecule has 28 heavy (non-hydrogen) atoms. The summed E-state index contributed by atoms with van der Waals surface area (Å²) in [4.78, 5) is 24.4. The Labute approximate surface area is 162 Å². The monoisotopic (exact) mass is 400 g/mol. The van der Waals surface area contributed by atoms with Gasteiger partial charge < -0.3 is 34.6 Å². The molecule has 3 fully saturated rings. The highest BCUT2D eigenvalue weighted by molar-refractivity contribution is 5.98. The molecule has 0 bridgehead atoms. The topological polar surface area (TPSA) is 146 Å². The van der Waals surface area contributed by atoms with E-state index >= 15 is 0 Å². The molecule has 3 aliphatic rings. The maximum atomic E-state index is 13.0. The number of hydrogen-bond donors (Lipinski definition) is 4. The van der Waals surface area contributed by atoms with E-state index < -0.39 is 60.0 Å². The highest BCUT2D eigenvalue weighted by Crippen LogP contribution is 2.65. The van der Waals surface area contributed by atoms with Crippen molar-refractivity contribution in [3.05, 3.63) is 12.2 Å². The van der Waals surface area contributed by atoms with Crippen LogP contribution in [0.4, 0.5) is 0 Å². The molecule has 2 heterocycles. The predicted octanol–water partition coefficient (Wildman–Crippen LogP) is -1.16. The predicted molar refractivity (Wildman–Crippen MR) is 94.1 cm³/mol. The molecule has 0 aromatic heterocycles. The average molecular weight is 400 g/mol. The minimum absolute atomic E-state index is 0.157. The lowest BCUT2D eigenvalue weighted by atomic mass is 9.62. The summed E-state index contributed by atoms with van der Waals surface area (Å²) in [6.45, 7) is 6.23. The van der Waals surface area contributed by atoms with Gasteiger partial charge in [0.2, 0.25) is 0 Å². The fraction of sp³-hybridized carbons (Fsp3) is 0.789. The number of ether oxygens (including phenoxy) is 3. The first kappa shape index (κ1) is 21.5. The van der Waals surface area contributed by atoms with Crippen molar-refractivity contribution in [3.8, 4) is 0 Å². The summed E-state index contributed by atoms with van der Waals surface area (Å²) >= 11 is 0. The lowest BCUT2D eigenvalue weighted by Crippen LogP contribution is -2.61. The van der Waals surface area contributed by atoms with Crippen molar-refractivity contribution < 1.29 is 44.2 Å². The zero-order valence-corrected chi connectivity index (χ0v) is 16.4. The van der Waals surface area contributed by atoms with E-state index in [0.717, 1.165) is 0 Å². The molecule has 0 spiro atoms. The van der Waals surface area contributed by atoms with Gasteiger partial charge in [-0.15, -0.1) is 0 Å². The maximum absolute atomic E-state index is 13.0. The largest absolute Gasteiger partial charge is 0.394 e. The van der Waals surface area contributed by atoms with E-state index in [1.807, 2.05) is 13.8 Å². The molecule has 0 unspecified atom stereocenters. The number of rotatable bonds is 5. The molecule has 9 nitrogen and oxygen atoms in total. The van der Waals surface area contributed by atoms with Gasteiger partial charge in [0.25, 0.3) is 0 Å². The number of fused-ring (bicyclic) bond motifs is 1. The molecule has 3 rings (SSSR count). The fourth-order valence-electron chi connectivity index (χ4n) is 4.43. The van der Waals surface area contributed by atoms with Crippen molar-refractivity contribution >= 4 is 11.6 Å².